The standard InChI is InChI=1S/C34H33N5O6/c1-4-45-27-12-8-11-24(29(27)40)28-23-17-18-37-32(43)36(3)33(44)39(37)26(23)19-25-30(41)38(35-22-15-13-20(2)14-16-22)31(42)34(25,28)21-9-6-5-7-10-21/h5-17,25-26,28,35,40H,4,18-19H2,1-3H3/t25-,26+,28+,34+/m0/s1. The number of anilines is 1. The molecule has 1 saturated carbocycles. The quantitative estimate of drug-likeness (QED) is 0.254. The largest absolute Gasteiger partial charge is 0.504 e. The first-order valence-electron chi connectivity index (χ1n) is 15.0. The van der Waals surface area contributed by atoms with Crippen LogP contribution in [-0.4, -0.2) is 42.5 Å². The van der Waals surface area contributed by atoms with Crippen molar-refractivity contribution in [3.8, 4) is 11.5 Å². The van der Waals surface area contributed by atoms with Crippen molar-refractivity contribution in [1.29, 1.82) is 0 Å². The number of allylic oxidation sites excluding steroid dienone is 2. The molecular weight excluding hydrogens is 574 g/mol. The second kappa shape index (κ2) is 10.4. The monoisotopic (exact) mass is 607 g/mol. The van der Waals surface area contributed by atoms with Crippen molar-refractivity contribution in [1.82, 2.24) is 18.9 Å². The molecular formula is C34H33N5O6. The highest BCUT2D eigenvalue weighted by atomic mass is 16.5. The average Bonchev–Trinajstić information content (AvgIpc) is 3.40. The van der Waals surface area contributed by atoms with Crippen molar-refractivity contribution in [2.24, 2.45) is 13.0 Å². The second-order valence-electron chi connectivity index (χ2n) is 11.8. The number of para-hydroxylation sites is 1. The molecule has 0 bridgehead atoms. The number of hydrogen-bond donors (Lipinski definition) is 2. The van der Waals surface area contributed by atoms with E-state index >= 15 is 4.79 Å². The molecule has 3 heterocycles. The summed E-state index contributed by atoms with van der Waals surface area (Å²) in [4.78, 5) is 56.1. The summed E-state index contributed by atoms with van der Waals surface area (Å²) in [6, 6.07) is 20.9. The number of imide groups is 1. The Bertz CT molecular complexity index is 1990. The predicted molar refractivity (Wildman–Crippen MR) is 166 cm³/mol. The molecule has 0 spiro atoms. The molecule has 3 aliphatic rings. The highest BCUT2D eigenvalue weighted by molar-refractivity contribution is 6.12. The number of aromatic hydroxyl groups is 1. The number of ether oxygens (including phenoxy) is 1. The Balaban J connectivity index is 1.51. The van der Waals surface area contributed by atoms with Crippen LogP contribution < -0.4 is 21.5 Å². The average molecular weight is 608 g/mol. The maximum absolute atomic E-state index is 15.1. The summed E-state index contributed by atoms with van der Waals surface area (Å²) in [6.07, 6.45) is 1.95. The van der Waals surface area contributed by atoms with E-state index in [0.717, 1.165) is 15.1 Å². The number of carbonyl (C=O) groups excluding carboxylic acids is 2. The Labute approximate surface area is 258 Å². The fraction of sp³-hybridized carbons (Fsp3) is 0.294. The minimum Gasteiger partial charge on any atom is -0.504 e. The number of benzene rings is 3. The van der Waals surface area contributed by atoms with E-state index in [1.165, 1.54) is 16.4 Å². The van der Waals surface area contributed by atoms with Gasteiger partial charge in [0.2, 0.25) is 0 Å². The molecule has 0 unspecified atom stereocenters. The van der Waals surface area contributed by atoms with Gasteiger partial charge in [-0.15, -0.1) is 0 Å². The van der Waals surface area contributed by atoms with Gasteiger partial charge in [-0.25, -0.2) is 23.5 Å². The molecule has 11 nitrogen and oxygen atoms in total. The summed E-state index contributed by atoms with van der Waals surface area (Å²) >= 11 is 0. The molecule has 11 heteroatoms. The number of carbonyl (C=O) groups is 2. The summed E-state index contributed by atoms with van der Waals surface area (Å²) in [5, 5.41) is 12.8. The highest BCUT2D eigenvalue weighted by Gasteiger charge is 2.69. The number of fused-ring (bicyclic) bond motifs is 4. The van der Waals surface area contributed by atoms with Crippen LogP contribution >= 0.6 is 0 Å². The number of nitrogens with one attached hydrogen (secondary N) is 1. The van der Waals surface area contributed by atoms with Gasteiger partial charge in [-0.05, 0) is 49.6 Å². The van der Waals surface area contributed by atoms with E-state index in [0.29, 0.717) is 29.0 Å². The zero-order valence-corrected chi connectivity index (χ0v) is 25.1. The molecule has 230 valence electrons. The number of phenols is 1. The smallest absolute Gasteiger partial charge is 0.347 e. The Morgan fingerprint density at radius 3 is 2.40 bits per heavy atom. The Morgan fingerprint density at radius 2 is 1.69 bits per heavy atom. The first-order chi connectivity index (χ1) is 21.7. The highest BCUT2D eigenvalue weighted by Crippen LogP contribution is 2.63. The van der Waals surface area contributed by atoms with Gasteiger partial charge in [0, 0.05) is 18.5 Å². The lowest BCUT2D eigenvalue weighted by atomic mass is 9.53. The van der Waals surface area contributed by atoms with Crippen LogP contribution in [-0.2, 0) is 28.6 Å². The van der Waals surface area contributed by atoms with E-state index in [1.807, 2.05) is 62.4 Å². The maximum Gasteiger partial charge on any atom is 0.347 e. The number of amides is 2. The molecule has 45 heavy (non-hydrogen) atoms. The molecule has 2 aliphatic heterocycles. The number of hydrogen-bond acceptors (Lipinski definition) is 7. The molecule has 4 aromatic rings. The van der Waals surface area contributed by atoms with Gasteiger partial charge < -0.3 is 9.84 Å². The molecule has 2 N–H and O–H groups in total. The third kappa shape index (κ3) is 3.96. The fourth-order valence-corrected chi connectivity index (χ4v) is 7.51. The zero-order valence-electron chi connectivity index (χ0n) is 25.1. The number of rotatable bonds is 6. The van der Waals surface area contributed by atoms with Gasteiger partial charge >= 0.3 is 11.4 Å². The van der Waals surface area contributed by atoms with Crippen LogP contribution in [0.15, 0.2) is 94.0 Å². The van der Waals surface area contributed by atoms with Crippen LogP contribution in [0, 0.1) is 12.8 Å². The van der Waals surface area contributed by atoms with E-state index in [9.17, 15) is 19.5 Å². The minimum absolute atomic E-state index is 0.0865. The molecule has 1 saturated heterocycles. The van der Waals surface area contributed by atoms with E-state index in [-0.39, 0.29) is 24.5 Å². The van der Waals surface area contributed by atoms with E-state index in [1.54, 1.807) is 30.3 Å². The van der Waals surface area contributed by atoms with Crippen LogP contribution in [0.1, 0.15) is 42.0 Å². The van der Waals surface area contributed by atoms with Crippen LogP contribution in [0.3, 0.4) is 0 Å². The Hall–Kier alpha value is -5.32. The van der Waals surface area contributed by atoms with Crippen molar-refractivity contribution >= 4 is 17.5 Å². The normalized spacial score (nSPS) is 23.7. The summed E-state index contributed by atoms with van der Waals surface area (Å²) in [7, 11) is 1.42. The fourth-order valence-electron chi connectivity index (χ4n) is 7.51. The van der Waals surface area contributed by atoms with Crippen molar-refractivity contribution in [2.45, 2.75) is 44.2 Å². The summed E-state index contributed by atoms with van der Waals surface area (Å²) in [5.41, 5.74) is 3.84. The van der Waals surface area contributed by atoms with Crippen molar-refractivity contribution in [2.75, 3.05) is 12.0 Å². The topological polar surface area (TPSA) is 128 Å². The first-order valence-corrected chi connectivity index (χ1v) is 15.0. The molecule has 2 fully saturated rings. The lowest BCUT2D eigenvalue weighted by Gasteiger charge is -2.49. The lowest BCUT2D eigenvalue weighted by molar-refractivity contribution is -0.138. The number of hydrazine groups is 1. The molecule has 7 rings (SSSR count). The van der Waals surface area contributed by atoms with Crippen molar-refractivity contribution < 1.29 is 19.4 Å². The van der Waals surface area contributed by atoms with Crippen molar-refractivity contribution in [3.63, 3.8) is 0 Å². The SMILES string of the molecule is CCOc1cccc([C@H]2C3=CCn4c(=O)n(C)c(=O)n4[C@@H]3C[C@H]3C(=O)N(Nc4ccc(C)cc4)C(=O)[C@@]23c2ccccc2)c1O. The zero-order chi connectivity index (χ0) is 31.6. The Kier molecular flexibility index (Phi) is 6.57. The van der Waals surface area contributed by atoms with Gasteiger partial charge in [-0.1, -0.05) is 66.2 Å². The first kappa shape index (κ1) is 28.5. The van der Waals surface area contributed by atoms with Crippen LogP contribution in [0.25, 0.3) is 0 Å². The maximum atomic E-state index is 15.1. The van der Waals surface area contributed by atoms with Gasteiger partial charge in [0.25, 0.3) is 11.8 Å². The number of nitrogens with zero attached hydrogens (tertiary/aromatic N) is 4. The summed E-state index contributed by atoms with van der Waals surface area (Å²) in [5.74, 6) is -2.68. The summed E-state index contributed by atoms with van der Waals surface area (Å²) < 4.78 is 9.57. The van der Waals surface area contributed by atoms with Gasteiger partial charge in [0.15, 0.2) is 11.5 Å². The predicted octanol–water partition coefficient (Wildman–Crippen LogP) is 3.38. The minimum atomic E-state index is -1.50. The molecule has 3 aromatic carbocycles. The molecule has 1 aromatic heterocycles. The molecule has 2 amide bonds. The van der Waals surface area contributed by atoms with E-state index < -0.39 is 46.5 Å². The van der Waals surface area contributed by atoms with Crippen LogP contribution in [0.2, 0.25) is 0 Å². The molecule has 4 atom stereocenters. The number of aromatic nitrogens is 3. The van der Waals surface area contributed by atoms with Gasteiger partial charge in [0.1, 0.15) is 0 Å². The third-order valence-electron chi connectivity index (χ3n) is 9.49. The van der Waals surface area contributed by atoms with Gasteiger partial charge in [-0.2, -0.15) is 5.01 Å². The van der Waals surface area contributed by atoms with Gasteiger partial charge in [0.05, 0.1) is 36.2 Å². The van der Waals surface area contributed by atoms with Gasteiger partial charge in [-0.3, -0.25) is 15.0 Å². The number of aryl methyl sites for hydroxylation is 1. The summed E-state index contributed by atoms with van der Waals surface area (Å²) in [6.45, 7) is 4.15. The van der Waals surface area contributed by atoms with Crippen LogP contribution in [0.4, 0.5) is 5.69 Å². The van der Waals surface area contributed by atoms with E-state index in [2.05, 4.69) is 5.43 Å². The lowest BCUT2D eigenvalue weighted by Crippen LogP contribution is -2.53. The number of phenolic OH excluding ortho intramolecular Hbond substituents is 1. The molecule has 1 aliphatic carbocycles. The Morgan fingerprint density at radius 1 is 0.956 bits per heavy atom. The van der Waals surface area contributed by atoms with Crippen molar-refractivity contribution in [3.05, 3.63) is 122 Å². The second-order valence-corrected chi connectivity index (χ2v) is 11.8. The van der Waals surface area contributed by atoms with E-state index in [4.69, 9.17) is 4.74 Å². The third-order valence-corrected chi connectivity index (χ3v) is 9.49. The molecule has 0 radical (unpaired) electrons. The van der Waals surface area contributed by atoms with Crippen LogP contribution in [0.5, 0.6) is 11.5 Å².